The van der Waals surface area contributed by atoms with Crippen LogP contribution in [0, 0.1) is 6.92 Å². The van der Waals surface area contributed by atoms with Crippen LogP contribution in [0.4, 0.5) is 13.2 Å². The van der Waals surface area contributed by atoms with Gasteiger partial charge in [0, 0.05) is 11.6 Å². The third-order valence-electron chi connectivity index (χ3n) is 3.12. The molecule has 0 aliphatic carbocycles. The summed E-state index contributed by atoms with van der Waals surface area (Å²) in [7, 11) is 0. The molecule has 0 aliphatic heterocycles. The first-order chi connectivity index (χ1) is 10.8. The molecule has 0 unspecified atom stereocenters. The number of aromatic nitrogens is 4. The van der Waals surface area contributed by atoms with Crippen LogP contribution < -0.4 is 5.56 Å². The van der Waals surface area contributed by atoms with E-state index >= 15 is 0 Å². The van der Waals surface area contributed by atoms with Crippen LogP contribution in [-0.4, -0.2) is 19.7 Å². The van der Waals surface area contributed by atoms with Crippen LogP contribution in [0.2, 0.25) is 0 Å². The zero-order chi connectivity index (χ0) is 16.6. The molecule has 0 saturated carbocycles. The monoisotopic (exact) mass is 320 g/mol. The fourth-order valence-corrected chi connectivity index (χ4v) is 2.17. The molecule has 3 rings (SSSR count). The van der Waals surface area contributed by atoms with Gasteiger partial charge in [0.25, 0.3) is 5.56 Å². The first-order valence-electron chi connectivity index (χ1n) is 6.65. The van der Waals surface area contributed by atoms with Gasteiger partial charge in [-0.2, -0.15) is 23.0 Å². The van der Waals surface area contributed by atoms with E-state index in [4.69, 9.17) is 0 Å². The molecule has 3 aromatic rings. The Balaban J connectivity index is 2.21. The molecule has 0 bridgehead atoms. The lowest BCUT2D eigenvalue weighted by molar-refractivity contribution is -0.141. The Hall–Kier alpha value is -2.90. The molecule has 0 atom stereocenters. The van der Waals surface area contributed by atoms with Crippen molar-refractivity contribution in [1.29, 1.82) is 0 Å². The average molecular weight is 320 g/mol. The SMILES string of the molecule is Cc1cc(-c2ccccc2)n(-c2nc(C(F)(F)F)cc(=O)[nH]2)n1. The van der Waals surface area contributed by atoms with Gasteiger partial charge in [0.1, 0.15) is 0 Å². The standard InChI is InChI=1S/C15H11F3N4O/c1-9-7-11(10-5-3-2-4-6-10)22(21-9)14-19-12(15(16,17)18)8-13(23)20-14/h2-8H,1H3,(H,19,20,23). The number of hydrogen-bond donors (Lipinski definition) is 1. The summed E-state index contributed by atoms with van der Waals surface area (Å²) in [6.45, 7) is 1.70. The van der Waals surface area contributed by atoms with Crippen molar-refractivity contribution in [1.82, 2.24) is 19.7 Å². The Labute approximate surface area is 128 Å². The molecule has 118 valence electrons. The Kier molecular flexibility index (Phi) is 3.51. The van der Waals surface area contributed by atoms with Gasteiger partial charge in [0.15, 0.2) is 5.69 Å². The fourth-order valence-electron chi connectivity index (χ4n) is 2.17. The van der Waals surface area contributed by atoms with E-state index in [1.54, 1.807) is 37.3 Å². The van der Waals surface area contributed by atoms with Crippen LogP contribution in [0.1, 0.15) is 11.4 Å². The molecule has 0 amide bonds. The summed E-state index contributed by atoms with van der Waals surface area (Å²) in [5, 5.41) is 4.14. The highest BCUT2D eigenvalue weighted by atomic mass is 19.4. The third kappa shape index (κ3) is 3.01. The molecule has 2 heterocycles. The first kappa shape index (κ1) is 15.0. The zero-order valence-electron chi connectivity index (χ0n) is 11.9. The molecule has 1 N–H and O–H groups in total. The predicted octanol–water partition coefficient (Wildman–Crippen LogP) is 2.95. The van der Waals surface area contributed by atoms with Crippen LogP contribution in [0.5, 0.6) is 0 Å². The van der Waals surface area contributed by atoms with E-state index in [1.165, 1.54) is 4.68 Å². The lowest BCUT2D eigenvalue weighted by Gasteiger charge is -2.09. The summed E-state index contributed by atoms with van der Waals surface area (Å²) in [5.74, 6) is -0.281. The molecule has 0 saturated heterocycles. The van der Waals surface area contributed by atoms with E-state index in [0.717, 1.165) is 5.56 Å². The highest BCUT2D eigenvalue weighted by Crippen LogP contribution is 2.27. The molecule has 1 aromatic carbocycles. The fraction of sp³-hybridized carbons (Fsp3) is 0.133. The second-order valence-electron chi connectivity index (χ2n) is 4.90. The number of benzene rings is 1. The number of hydrogen-bond acceptors (Lipinski definition) is 3. The summed E-state index contributed by atoms with van der Waals surface area (Å²) < 4.78 is 39.7. The Morgan fingerprint density at radius 1 is 1.13 bits per heavy atom. The molecular weight excluding hydrogens is 309 g/mol. The average Bonchev–Trinajstić information content (AvgIpc) is 2.89. The summed E-state index contributed by atoms with van der Waals surface area (Å²) in [6, 6.07) is 11.1. The Bertz CT molecular complexity index is 897. The molecule has 0 aliphatic rings. The van der Waals surface area contributed by atoms with Gasteiger partial charge in [-0.15, -0.1) is 0 Å². The summed E-state index contributed by atoms with van der Waals surface area (Å²) >= 11 is 0. The number of aryl methyl sites for hydroxylation is 1. The number of nitrogens with one attached hydrogen (secondary N) is 1. The summed E-state index contributed by atoms with van der Waals surface area (Å²) in [4.78, 5) is 17.3. The van der Waals surface area contributed by atoms with E-state index in [2.05, 4.69) is 15.1 Å². The quantitative estimate of drug-likeness (QED) is 0.789. The van der Waals surface area contributed by atoms with Crippen LogP contribution in [0.3, 0.4) is 0 Å². The van der Waals surface area contributed by atoms with Crippen molar-refractivity contribution < 1.29 is 13.2 Å². The van der Waals surface area contributed by atoms with Crippen molar-refractivity contribution in [2.24, 2.45) is 0 Å². The van der Waals surface area contributed by atoms with Gasteiger partial charge in [-0.25, -0.2) is 4.98 Å². The molecule has 0 spiro atoms. The van der Waals surface area contributed by atoms with Crippen LogP contribution >= 0.6 is 0 Å². The summed E-state index contributed by atoms with van der Waals surface area (Å²) in [5.41, 5.74) is -0.291. The topological polar surface area (TPSA) is 63.6 Å². The van der Waals surface area contributed by atoms with Gasteiger partial charge in [-0.3, -0.25) is 9.78 Å². The van der Waals surface area contributed by atoms with Gasteiger partial charge in [0.05, 0.1) is 11.4 Å². The van der Waals surface area contributed by atoms with Gasteiger partial charge in [-0.05, 0) is 13.0 Å². The number of alkyl halides is 3. The maximum absolute atomic E-state index is 12.8. The maximum Gasteiger partial charge on any atom is 0.433 e. The maximum atomic E-state index is 12.8. The number of nitrogens with zero attached hydrogens (tertiary/aromatic N) is 3. The number of H-pyrrole nitrogens is 1. The molecule has 23 heavy (non-hydrogen) atoms. The largest absolute Gasteiger partial charge is 0.433 e. The van der Waals surface area contributed by atoms with Crippen molar-refractivity contribution in [3.05, 3.63) is 64.2 Å². The van der Waals surface area contributed by atoms with Gasteiger partial charge in [0.2, 0.25) is 5.95 Å². The first-order valence-corrected chi connectivity index (χ1v) is 6.65. The second kappa shape index (κ2) is 5.38. The number of aromatic amines is 1. The van der Waals surface area contributed by atoms with Crippen molar-refractivity contribution >= 4 is 0 Å². The van der Waals surface area contributed by atoms with E-state index in [1.807, 2.05) is 6.07 Å². The minimum Gasteiger partial charge on any atom is -0.291 e. The molecule has 2 aromatic heterocycles. The highest BCUT2D eigenvalue weighted by molar-refractivity contribution is 5.61. The van der Waals surface area contributed by atoms with Crippen molar-refractivity contribution in [3.8, 4) is 17.2 Å². The smallest absolute Gasteiger partial charge is 0.291 e. The molecular formula is C15H11F3N4O. The van der Waals surface area contributed by atoms with E-state index in [-0.39, 0.29) is 5.95 Å². The minimum atomic E-state index is -4.71. The van der Waals surface area contributed by atoms with Crippen molar-refractivity contribution in [2.45, 2.75) is 13.1 Å². The van der Waals surface area contributed by atoms with Crippen molar-refractivity contribution in [3.63, 3.8) is 0 Å². The normalized spacial score (nSPS) is 11.7. The highest BCUT2D eigenvalue weighted by Gasteiger charge is 2.33. The zero-order valence-corrected chi connectivity index (χ0v) is 11.9. The van der Waals surface area contributed by atoms with E-state index < -0.39 is 17.4 Å². The third-order valence-corrected chi connectivity index (χ3v) is 3.12. The molecule has 5 nitrogen and oxygen atoms in total. The lowest BCUT2D eigenvalue weighted by atomic mass is 10.1. The number of halogens is 3. The number of rotatable bonds is 2. The Morgan fingerprint density at radius 3 is 2.48 bits per heavy atom. The second-order valence-corrected chi connectivity index (χ2v) is 4.90. The van der Waals surface area contributed by atoms with E-state index in [0.29, 0.717) is 17.5 Å². The molecule has 0 fully saturated rings. The van der Waals surface area contributed by atoms with Crippen LogP contribution in [0.25, 0.3) is 17.2 Å². The Morgan fingerprint density at radius 2 is 1.83 bits per heavy atom. The predicted molar refractivity (Wildman–Crippen MR) is 77.2 cm³/mol. The molecule has 8 heteroatoms. The van der Waals surface area contributed by atoms with Crippen LogP contribution in [0.15, 0.2) is 47.3 Å². The van der Waals surface area contributed by atoms with Gasteiger partial charge >= 0.3 is 6.18 Å². The van der Waals surface area contributed by atoms with Gasteiger partial charge in [-0.1, -0.05) is 30.3 Å². The van der Waals surface area contributed by atoms with E-state index in [9.17, 15) is 18.0 Å². The minimum absolute atomic E-state index is 0.281. The summed E-state index contributed by atoms with van der Waals surface area (Å²) in [6.07, 6.45) is -4.71. The molecule has 0 radical (unpaired) electrons. The van der Waals surface area contributed by atoms with Crippen LogP contribution in [-0.2, 0) is 6.18 Å². The van der Waals surface area contributed by atoms with Crippen molar-refractivity contribution in [2.75, 3.05) is 0 Å². The van der Waals surface area contributed by atoms with Gasteiger partial charge < -0.3 is 0 Å². The lowest BCUT2D eigenvalue weighted by Crippen LogP contribution is -2.20.